The molecular weight excluding hydrogens is 348 g/mol. The molecule has 0 radical (unpaired) electrons. The Morgan fingerprint density at radius 3 is 2.27 bits per heavy atom. The highest BCUT2D eigenvalue weighted by Crippen LogP contribution is 2.21. The van der Waals surface area contributed by atoms with Crippen molar-refractivity contribution in [1.82, 2.24) is 4.31 Å². The predicted octanol–water partition coefficient (Wildman–Crippen LogP) is 1.75. The molecule has 0 atom stereocenters. The summed E-state index contributed by atoms with van der Waals surface area (Å²) >= 11 is 0. The van der Waals surface area contributed by atoms with Crippen LogP contribution in [-0.4, -0.2) is 38.9 Å². The van der Waals surface area contributed by atoms with E-state index in [1.54, 1.807) is 24.3 Å². The number of nitrogens with zero attached hydrogens (tertiary/aromatic N) is 2. The monoisotopic (exact) mass is 369 g/mol. The number of rotatable bonds is 3. The number of fused-ring (bicyclic) bond motifs is 1. The molecule has 0 spiro atoms. The lowest BCUT2D eigenvalue weighted by atomic mass is 10.2. The number of hydrogen-bond acceptors (Lipinski definition) is 4. The van der Waals surface area contributed by atoms with Gasteiger partial charge in [-0.05, 0) is 36.4 Å². The van der Waals surface area contributed by atoms with Crippen molar-refractivity contribution < 1.29 is 13.4 Å². The number of aromatic amines is 1. The Morgan fingerprint density at radius 1 is 0.846 bits per heavy atom. The maximum absolute atomic E-state index is 12.8. The molecule has 2 heterocycles. The number of para-hydroxylation sites is 1. The number of benzene rings is 2. The summed E-state index contributed by atoms with van der Waals surface area (Å²) in [6, 6.07) is 18.6. The molecule has 1 saturated heterocycles. The van der Waals surface area contributed by atoms with E-state index in [-0.39, 0.29) is 4.90 Å². The fourth-order valence-corrected chi connectivity index (χ4v) is 4.67. The smallest absolute Gasteiger partial charge is 0.274 e. The second kappa shape index (κ2) is 6.59. The number of aromatic nitrogens is 1. The van der Waals surface area contributed by atoms with Crippen molar-refractivity contribution >= 4 is 32.4 Å². The molecule has 2 aromatic carbocycles. The fraction of sp³-hybridized carbons (Fsp3) is 0.211. The van der Waals surface area contributed by atoms with Gasteiger partial charge in [0.15, 0.2) is 0 Å². The number of nitrogens with one attached hydrogen (secondary N) is 1. The number of anilines is 2. The van der Waals surface area contributed by atoms with Crippen molar-refractivity contribution in [1.29, 1.82) is 0 Å². The molecule has 6 nitrogen and oxygen atoms in total. The van der Waals surface area contributed by atoms with Crippen LogP contribution < -0.4 is 15.6 Å². The summed E-state index contributed by atoms with van der Waals surface area (Å²) in [5.74, 6) is 1.01. The summed E-state index contributed by atoms with van der Waals surface area (Å²) < 4.78 is 27.1. The van der Waals surface area contributed by atoms with Crippen molar-refractivity contribution in [3.63, 3.8) is 0 Å². The van der Waals surface area contributed by atoms with Crippen LogP contribution in [0.3, 0.4) is 0 Å². The van der Waals surface area contributed by atoms with Crippen LogP contribution in [0, 0.1) is 0 Å². The lowest BCUT2D eigenvalue weighted by Crippen LogP contribution is -2.49. The van der Waals surface area contributed by atoms with Gasteiger partial charge in [0.1, 0.15) is 5.52 Å². The number of nitrogen functional groups attached to an aromatic ring is 1. The van der Waals surface area contributed by atoms with Crippen molar-refractivity contribution in [2.45, 2.75) is 4.90 Å². The third-order valence-electron chi connectivity index (χ3n) is 4.74. The maximum Gasteiger partial charge on any atom is 0.274 e. The SMILES string of the molecule is Nc1ccc(S(=O)(=O)N2CCN(c3ccc4ccccc4[nH+]3)CC2)cc1. The summed E-state index contributed by atoms with van der Waals surface area (Å²) in [6.45, 7) is 2.19. The first-order valence-electron chi connectivity index (χ1n) is 8.56. The molecule has 1 aliphatic rings. The van der Waals surface area contributed by atoms with Crippen LogP contribution in [0.1, 0.15) is 0 Å². The fourth-order valence-electron chi connectivity index (χ4n) is 3.25. The van der Waals surface area contributed by atoms with Gasteiger partial charge in [-0.2, -0.15) is 4.31 Å². The molecule has 0 aliphatic carbocycles. The van der Waals surface area contributed by atoms with Gasteiger partial charge in [-0.15, -0.1) is 0 Å². The van der Waals surface area contributed by atoms with E-state index in [4.69, 9.17) is 5.73 Å². The zero-order valence-electron chi connectivity index (χ0n) is 14.3. The van der Waals surface area contributed by atoms with Crippen LogP contribution in [0.2, 0.25) is 0 Å². The molecule has 7 heteroatoms. The summed E-state index contributed by atoms with van der Waals surface area (Å²) in [4.78, 5) is 5.90. The first kappa shape index (κ1) is 16.8. The maximum atomic E-state index is 12.8. The van der Waals surface area contributed by atoms with E-state index >= 15 is 0 Å². The Balaban J connectivity index is 1.50. The van der Waals surface area contributed by atoms with Gasteiger partial charge < -0.3 is 5.73 Å². The van der Waals surface area contributed by atoms with E-state index in [9.17, 15) is 8.42 Å². The minimum absolute atomic E-state index is 0.289. The first-order valence-corrected chi connectivity index (χ1v) is 10.00. The molecule has 1 fully saturated rings. The lowest BCUT2D eigenvalue weighted by molar-refractivity contribution is -0.330. The zero-order valence-corrected chi connectivity index (χ0v) is 15.1. The molecular formula is C19H21N4O2S+. The van der Waals surface area contributed by atoms with Crippen molar-refractivity contribution in [3.05, 3.63) is 60.7 Å². The Morgan fingerprint density at radius 2 is 1.54 bits per heavy atom. The third-order valence-corrected chi connectivity index (χ3v) is 6.65. The molecule has 1 aromatic heterocycles. The lowest BCUT2D eigenvalue weighted by Gasteiger charge is -2.30. The number of nitrogens with two attached hydrogens (primary N) is 1. The summed E-state index contributed by atoms with van der Waals surface area (Å²) in [5.41, 5.74) is 7.28. The molecule has 0 unspecified atom stereocenters. The largest absolute Gasteiger partial charge is 0.399 e. The molecule has 1 aliphatic heterocycles. The van der Waals surface area contributed by atoms with Crippen LogP contribution >= 0.6 is 0 Å². The minimum atomic E-state index is -3.48. The standard InChI is InChI=1S/C19H20N4O2S/c20-16-6-8-17(9-7-16)26(24,25)23-13-11-22(12-14-23)19-10-5-15-3-1-2-4-18(15)21-19/h1-10H,11-14,20H2/p+1. The second-order valence-electron chi connectivity index (χ2n) is 6.39. The molecule has 134 valence electrons. The van der Waals surface area contributed by atoms with Gasteiger partial charge in [-0.1, -0.05) is 18.2 Å². The van der Waals surface area contributed by atoms with Crippen molar-refractivity contribution in [3.8, 4) is 0 Å². The van der Waals surface area contributed by atoms with E-state index in [1.807, 2.05) is 24.3 Å². The number of hydrogen-bond donors (Lipinski definition) is 1. The van der Waals surface area contributed by atoms with Crippen molar-refractivity contribution in [2.24, 2.45) is 0 Å². The van der Waals surface area contributed by atoms with Gasteiger partial charge in [0, 0.05) is 17.1 Å². The summed E-state index contributed by atoms with van der Waals surface area (Å²) in [5, 5.41) is 1.15. The number of H-pyrrole nitrogens is 1. The number of piperazine rings is 1. The molecule has 3 aromatic rings. The minimum Gasteiger partial charge on any atom is -0.399 e. The predicted molar refractivity (Wildman–Crippen MR) is 102 cm³/mol. The number of pyridine rings is 1. The van der Waals surface area contributed by atoms with Gasteiger partial charge in [-0.25, -0.2) is 13.4 Å². The molecule has 0 amide bonds. The molecule has 4 rings (SSSR count). The quantitative estimate of drug-likeness (QED) is 0.713. The van der Waals surface area contributed by atoms with Gasteiger partial charge in [0.2, 0.25) is 10.0 Å². The molecule has 26 heavy (non-hydrogen) atoms. The number of sulfonamides is 1. The van der Waals surface area contributed by atoms with Crippen LogP contribution in [0.15, 0.2) is 65.6 Å². The van der Waals surface area contributed by atoms with E-state index in [0.29, 0.717) is 31.9 Å². The van der Waals surface area contributed by atoms with Gasteiger partial charge in [-0.3, -0.25) is 4.90 Å². The highest BCUT2D eigenvalue weighted by atomic mass is 32.2. The Kier molecular flexibility index (Phi) is 4.26. The van der Waals surface area contributed by atoms with Gasteiger partial charge in [0.25, 0.3) is 5.82 Å². The van der Waals surface area contributed by atoms with E-state index < -0.39 is 10.0 Å². The van der Waals surface area contributed by atoms with E-state index in [2.05, 4.69) is 22.0 Å². The third kappa shape index (κ3) is 3.11. The van der Waals surface area contributed by atoms with E-state index in [1.165, 1.54) is 4.31 Å². The Bertz CT molecular complexity index is 1030. The molecule has 3 N–H and O–H groups in total. The molecule has 0 saturated carbocycles. The average Bonchev–Trinajstić information content (AvgIpc) is 2.68. The van der Waals surface area contributed by atoms with Crippen LogP contribution in [-0.2, 0) is 10.0 Å². The highest BCUT2D eigenvalue weighted by Gasteiger charge is 2.31. The van der Waals surface area contributed by atoms with Crippen LogP contribution in [0.4, 0.5) is 11.5 Å². The summed E-state index contributed by atoms with van der Waals surface area (Å²) in [6.07, 6.45) is 0. The summed E-state index contributed by atoms with van der Waals surface area (Å²) in [7, 11) is -3.48. The van der Waals surface area contributed by atoms with Gasteiger partial charge in [0.05, 0.1) is 31.1 Å². The Hall–Kier alpha value is -2.64. The van der Waals surface area contributed by atoms with Crippen LogP contribution in [0.5, 0.6) is 0 Å². The topological polar surface area (TPSA) is 80.8 Å². The van der Waals surface area contributed by atoms with Crippen molar-refractivity contribution in [2.75, 3.05) is 36.8 Å². The first-order chi connectivity index (χ1) is 12.5. The zero-order chi connectivity index (χ0) is 18.1. The van der Waals surface area contributed by atoms with Gasteiger partial charge >= 0.3 is 0 Å². The Labute approximate surface area is 152 Å². The average molecular weight is 369 g/mol. The second-order valence-corrected chi connectivity index (χ2v) is 8.33. The highest BCUT2D eigenvalue weighted by molar-refractivity contribution is 7.89. The van der Waals surface area contributed by atoms with Crippen LogP contribution in [0.25, 0.3) is 10.9 Å². The molecule has 0 bridgehead atoms. The van der Waals surface area contributed by atoms with E-state index in [0.717, 1.165) is 16.7 Å². The normalized spacial score (nSPS) is 16.1.